The van der Waals surface area contributed by atoms with Gasteiger partial charge in [-0.05, 0) is 12.0 Å². The summed E-state index contributed by atoms with van der Waals surface area (Å²) >= 11 is 0. The largest absolute Gasteiger partial charge is 0.332 e. The van der Waals surface area contributed by atoms with Crippen molar-refractivity contribution in [3.8, 4) is 0 Å². The van der Waals surface area contributed by atoms with Gasteiger partial charge in [0.25, 0.3) is 5.56 Å². The highest BCUT2D eigenvalue weighted by Gasteiger charge is 2.27. The van der Waals surface area contributed by atoms with Crippen molar-refractivity contribution in [2.24, 2.45) is 19.2 Å². The van der Waals surface area contributed by atoms with Gasteiger partial charge in [0, 0.05) is 20.6 Å². The van der Waals surface area contributed by atoms with Crippen LogP contribution in [0.25, 0.3) is 11.2 Å². The van der Waals surface area contributed by atoms with E-state index >= 15 is 0 Å². The number of unbranched alkanes of at least 4 members (excludes halogenated alkanes) is 3. The molecule has 8 nitrogen and oxygen atoms in total. The number of aryl methyl sites for hydroxylation is 1. The van der Waals surface area contributed by atoms with Gasteiger partial charge in [0.2, 0.25) is 5.95 Å². The molecule has 1 aliphatic rings. The molecule has 29 heavy (non-hydrogen) atoms. The standard InChI is InChI=1S/C21H26N6O2/c1-4-5-6-10-13-27-20-22-18-17(19(28)25(3)21(29)24(18)2)26(20)14-16(23-27)15-11-8-7-9-12-15/h7-9,11-12H,4-6,10,13-14H2,1-3H3. The Morgan fingerprint density at radius 1 is 1.00 bits per heavy atom. The minimum atomic E-state index is -0.378. The van der Waals surface area contributed by atoms with E-state index in [2.05, 4.69) is 11.9 Å². The number of benzene rings is 1. The Bertz CT molecular complexity index is 1190. The van der Waals surface area contributed by atoms with Crippen LogP contribution in [0.2, 0.25) is 0 Å². The van der Waals surface area contributed by atoms with Crippen LogP contribution in [0.5, 0.6) is 0 Å². The highest BCUT2D eigenvalue weighted by Crippen LogP contribution is 2.25. The van der Waals surface area contributed by atoms with Crippen molar-refractivity contribution in [1.29, 1.82) is 0 Å². The fourth-order valence-electron chi connectivity index (χ4n) is 3.77. The van der Waals surface area contributed by atoms with E-state index in [-0.39, 0.29) is 11.2 Å². The molecule has 0 saturated carbocycles. The zero-order valence-electron chi connectivity index (χ0n) is 17.1. The van der Waals surface area contributed by atoms with Crippen molar-refractivity contribution in [3.05, 3.63) is 56.7 Å². The molecule has 2 aromatic heterocycles. The summed E-state index contributed by atoms with van der Waals surface area (Å²) in [5.74, 6) is 0.620. The molecule has 0 saturated heterocycles. The molecule has 152 valence electrons. The Hall–Kier alpha value is -3.16. The molecular weight excluding hydrogens is 368 g/mol. The second kappa shape index (κ2) is 7.69. The van der Waals surface area contributed by atoms with Gasteiger partial charge >= 0.3 is 5.69 Å². The Morgan fingerprint density at radius 3 is 2.48 bits per heavy atom. The monoisotopic (exact) mass is 394 g/mol. The molecule has 0 unspecified atom stereocenters. The van der Waals surface area contributed by atoms with Crippen LogP contribution < -0.4 is 16.3 Å². The second-order valence-electron chi connectivity index (χ2n) is 7.47. The first-order chi connectivity index (χ1) is 14.0. The predicted octanol–water partition coefficient (Wildman–Crippen LogP) is 2.24. The van der Waals surface area contributed by atoms with Crippen LogP contribution in [-0.4, -0.2) is 30.9 Å². The van der Waals surface area contributed by atoms with Gasteiger partial charge in [0.05, 0.1) is 12.3 Å². The molecule has 0 radical (unpaired) electrons. The third-order valence-corrected chi connectivity index (χ3v) is 5.44. The fourth-order valence-corrected chi connectivity index (χ4v) is 3.77. The summed E-state index contributed by atoms with van der Waals surface area (Å²) in [6, 6.07) is 9.97. The number of aromatic nitrogens is 4. The van der Waals surface area contributed by atoms with E-state index in [4.69, 9.17) is 5.10 Å². The van der Waals surface area contributed by atoms with Crippen molar-refractivity contribution in [2.75, 3.05) is 11.6 Å². The molecule has 0 fully saturated rings. The number of rotatable bonds is 6. The number of fused-ring (bicyclic) bond motifs is 3. The van der Waals surface area contributed by atoms with E-state index in [9.17, 15) is 9.59 Å². The summed E-state index contributed by atoms with van der Waals surface area (Å²) < 4.78 is 4.46. The molecule has 3 heterocycles. The van der Waals surface area contributed by atoms with Crippen molar-refractivity contribution in [3.63, 3.8) is 0 Å². The Morgan fingerprint density at radius 2 is 1.76 bits per heavy atom. The van der Waals surface area contributed by atoms with Gasteiger partial charge in [-0.3, -0.25) is 18.5 Å². The van der Waals surface area contributed by atoms with E-state index < -0.39 is 0 Å². The van der Waals surface area contributed by atoms with Gasteiger partial charge in [0.15, 0.2) is 11.2 Å². The van der Waals surface area contributed by atoms with Crippen molar-refractivity contribution < 1.29 is 0 Å². The van der Waals surface area contributed by atoms with Crippen LogP contribution in [-0.2, 0) is 20.6 Å². The molecule has 3 aromatic rings. The number of imidazole rings is 1. The average Bonchev–Trinajstić information content (AvgIpc) is 3.14. The molecule has 4 rings (SSSR count). The van der Waals surface area contributed by atoms with Crippen molar-refractivity contribution >= 4 is 22.8 Å². The second-order valence-corrected chi connectivity index (χ2v) is 7.47. The number of hydrogen-bond donors (Lipinski definition) is 0. The zero-order valence-corrected chi connectivity index (χ0v) is 17.1. The first-order valence-corrected chi connectivity index (χ1v) is 10.1. The SMILES string of the molecule is CCCCCCN1N=C(c2ccccc2)Cn2c1nc1c2c(=O)n(C)c(=O)n1C. The van der Waals surface area contributed by atoms with E-state index in [1.807, 2.05) is 39.9 Å². The normalized spacial score (nSPS) is 13.6. The minimum absolute atomic E-state index is 0.331. The summed E-state index contributed by atoms with van der Waals surface area (Å²) in [7, 11) is 3.15. The maximum Gasteiger partial charge on any atom is 0.332 e. The molecule has 0 bridgehead atoms. The van der Waals surface area contributed by atoms with Crippen LogP contribution in [0.3, 0.4) is 0 Å². The number of hydrogen-bond acceptors (Lipinski definition) is 5. The molecule has 0 atom stereocenters. The van der Waals surface area contributed by atoms with Crippen molar-refractivity contribution in [2.45, 2.75) is 39.2 Å². The Labute approximate surface area is 168 Å². The minimum Gasteiger partial charge on any atom is -0.297 e. The molecule has 0 spiro atoms. The Kier molecular flexibility index (Phi) is 5.08. The van der Waals surface area contributed by atoms with Gasteiger partial charge in [0.1, 0.15) is 0 Å². The van der Waals surface area contributed by atoms with Crippen LogP contribution in [0.15, 0.2) is 45.0 Å². The third kappa shape index (κ3) is 3.28. The van der Waals surface area contributed by atoms with Gasteiger partial charge < -0.3 is 0 Å². The zero-order chi connectivity index (χ0) is 20.5. The molecule has 1 aromatic carbocycles. The van der Waals surface area contributed by atoms with Gasteiger partial charge in [-0.25, -0.2) is 9.80 Å². The van der Waals surface area contributed by atoms with Gasteiger partial charge in [-0.2, -0.15) is 10.1 Å². The van der Waals surface area contributed by atoms with E-state index in [1.165, 1.54) is 18.0 Å². The van der Waals surface area contributed by atoms with Crippen LogP contribution in [0, 0.1) is 0 Å². The van der Waals surface area contributed by atoms with Crippen LogP contribution in [0.4, 0.5) is 5.95 Å². The summed E-state index contributed by atoms with van der Waals surface area (Å²) in [6.45, 7) is 3.34. The van der Waals surface area contributed by atoms with Crippen LogP contribution >= 0.6 is 0 Å². The summed E-state index contributed by atoms with van der Waals surface area (Å²) in [6.07, 6.45) is 4.44. The first kappa shape index (κ1) is 19.2. The van der Waals surface area contributed by atoms with E-state index in [1.54, 1.807) is 7.05 Å². The third-order valence-electron chi connectivity index (χ3n) is 5.44. The van der Waals surface area contributed by atoms with Crippen LogP contribution in [0.1, 0.15) is 38.2 Å². The van der Waals surface area contributed by atoms with E-state index in [0.29, 0.717) is 30.2 Å². The number of anilines is 1. The topological polar surface area (TPSA) is 77.4 Å². The average molecular weight is 394 g/mol. The smallest absolute Gasteiger partial charge is 0.297 e. The summed E-state index contributed by atoms with van der Waals surface area (Å²) in [4.78, 5) is 29.9. The number of hydrazone groups is 1. The maximum absolute atomic E-state index is 12.9. The molecule has 1 aliphatic heterocycles. The molecule has 8 heteroatoms. The first-order valence-electron chi connectivity index (χ1n) is 10.1. The fraction of sp³-hybridized carbons (Fsp3) is 0.429. The molecule has 0 N–H and O–H groups in total. The number of nitrogens with zero attached hydrogens (tertiary/aromatic N) is 6. The van der Waals surface area contributed by atoms with Gasteiger partial charge in [-0.15, -0.1) is 0 Å². The highest BCUT2D eigenvalue weighted by atomic mass is 16.2. The lowest BCUT2D eigenvalue weighted by Crippen LogP contribution is -2.38. The van der Waals surface area contributed by atoms with E-state index in [0.717, 1.165) is 35.1 Å². The molecule has 0 aliphatic carbocycles. The van der Waals surface area contributed by atoms with Crippen molar-refractivity contribution in [1.82, 2.24) is 18.7 Å². The van der Waals surface area contributed by atoms with Gasteiger partial charge in [-0.1, -0.05) is 56.5 Å². The predicted molar refractivity (Wildman–Crippen MR) is 115 cm³/mol. The summed E-state index contributed by atoms with van der Waals surface area (Å²) in [5, 5.41) is 6.74. The lowest BCUT2D eigenvalue weighted by Gasteiger charge is -2.26. The lowest BCUT2D eigenvalue weighted by atomic mass is 10.1. The summed E-state index contributed by atoms with van der Waals surface area (Å²) in [5.41, 5.74) is 2.02. The molecular formula is C21H26N6O2. The maximum atomic E-state index is 12.9. The highest BCUT2D eigenvalue weighted by molar-refractivity contribution is 6.02. The quantitative estimate of drug-likeness (QED) is 0.601. The molecule has 0 amide bonds. The lowest BCUT2D eigenvalue weighted by molar-refractivity contribution is 0.629. The Balaban J connectivity index is 1.86.